The molecule has 0 saturated carbocycles. The number of halogens is 1. The first-order valence-electron chi connectivity index (χ1n) is 9.91. The molecule has 32 heavy (non-hydrogen) atoms. The normalized spacial score (nSPS) is 16.2. The number of carboxylic acid groups (broad SMARTS) is 1. The van der Waals surface area contributed by atoms with Gasteiger partial charge in [-0.15, -0.1) is 11.3 Å². The van der Waals surface area contributed by atoms with Gasteiger partial charge in [-0.2, -0.15) is 0 Å². The van der Waals surface area contributed by atoms with Crippen LogP contribution < -0.4 is 4.74 Å². The summed E-state index contributed by atoms with van der Waals surface area (Å²) in [6.07, 6.45) is 0.360. The van der Waals surface area contributed by atoms with Crippen molar-refractivity contribution < 1.29 is 28.9 Å². The van der Waals surface area contributed by atoms with Crippen LogP contribution in [0.4, 0.5) is 9.18 Å². The number of nitrogens with zero attached hydrogens (tertiary/aromatic N) is 3. The highest BCUT2D eigenvalue weighted by Crippen LogP contribution is 2.38. The van der Waals surface area contributed by atoms with Crippen LogP contribution in [0.15, 0.2) is 36.5 Å². The largest absolute Gasteiger partial charge is 0.464 e. The number of aryl methyl sites for hydroxylation is 1. The van der Waals surface area contributed by atoms with E-state index in [2.05, 4.69) is 4.98 Å². The molecule has 4 heterocycles. The third kappa shape index (κ3) is 3.28. The molecule has 2 N–H and O–H groups in total. The SMILES string of the molecule is Cc1cc2c(F)c(Oc3ccnc4cc(C(=O)N5CCC(O)C5)sc34)ccc2n1C(=O)O. The molecule has 1 fully saturated rings. The van der Waals surface area contributed by atoms with Crippen LogP contribution in [0, 0.1) is 12.7 Å². The number of benzene rings is 1. The molecular weight excluding hydrogens is 437 g/mol. The first kappa shape index (κ1) is 20.4. The Morgan fingerprint density at radius 2 is 2.06 bits per heavy atom. The minimum Gasteiger partial charge on any atom is -0.464 e. The minimum atomic E-state index is -1.19. The van der Waals surface area contributed by atoms with Crippen LogP contribution in [-0.4, -0.2) is 55.9 Å². The Morgan fingerprint density at radius 1 is 1.25 bits per heavy atom. The third-order valence-electron chi connectivity index (χ3n) is 5.52. The summed E-state index contributed by atoms with van der Waals surface area (Å²) in [4.78, 5) is 30.6. The van der Waals surface area contributed by atoms with Gasteiger partial charge in [-0.3, -0.25) is 9.78 Å². The zero-order chi connectivity index (χ0) is 22.6. The standard InChI is InChI=1S/C22H18FN3O5S/c1-11-8-13-15(26(11)22(29)30)2-3-16(19(13)23)31-17-4-6-24-14-9-18(32-20(14)17)21(28)25-7-5-12(27)10-25/h2-4,6,8-9,12,27H,5,7,10H2,1H3,(H,29,30). The Kier molecular flexibility index (Phi) is 4.83. The number of aliphatic hydroxyl groups is 1. The lowest BCUT2D eigenvalue weighted by atomic mass is 10.2. The lowest BCUT2D eigenvalue weighted by molar-refractivity contribution is 0.0769. The van der Waals surface area contributed by atoms with Crippen molar-refractivity contribution in [3.05, 3.63) is 52.9 Å². The number of fused-ring (bicyclic) bond motifs is 2. The monoisotopic (exact) mass is 455 g/mol. The summed E-state index contributed by atoms with van der Waals surface area (Å²) in [5, 5.41) is 19.2. The molecule has 1 aromatic carbocycles. The van der Waals surface area contributed by atoms with Gasteiger partial charge in [0.2, 0.25) is 0 Å². The van der Waals surface area contributed by atoms with Gasteiger partial charge in [0.1, 0.15) is 5.75 Å². The molecule has 0 bridgehead atoms. The molecule has 1 aliphatic heterocycles. The van der Waals surface area contributed by atoms with Crippen LogP contribution in [0.3, 0.4) is 0 Å². The lowest BCUT2D eigenvalue weighted by Gasteiger charge is -2.13. The van der Waals surface area contributed by atoms with E-state index < -0.39 is 18.0 Å². The summed E-state index contributed by atoms with van der Waals surface area (Å²) in [7, 11) is 0. The van der Waals surface area contributed by atoms with E-state index in [1.54, 1.807) is 24.0 Å². The van der Waals surface area contributed by atoms with Crippen molar-refractivity contribution in [1.29, 1.82) is 0 Å². The van der Waals surface area contributed by atoms with E-state index in [-0.39, 0.29) is 22.6 Å². The maximum absolute atomic E-state index is 15.2. The number of likely N-dealkylation sites (tertiary alicyclic amines) is 1. The molecule has 1 aliphatic rings. The van der Waals surface area contributed by atoms with Crippen LogP contribution in [0.25, 0.3) is 21.1 Å². The minimum absolute atomic E-state index is 0.0588. The number of aromatic nitrogens is 2. The maximum Gasteiger partial charge on any atom is 0.416 e. The molecule has 164 valence electrons. The number of rotatable bonds is 3. The smallest absolute Gasteiger partial charge is 0.416 e. The van der Waals surface area contributed by atoms with Crippen LogP contribution in [0.1, 0.15) is 21.8 Å². The summed E-state index contributed by atoms with van der Waals surface area (Å²) in [5.41, 5.74) is 1.17. The maximum atomic E-state index is 15.2. The average Bonchev–Trinajstić information content (AvgIpc) is 3.46. The number of carbonyl (C=O) groups excluding carboxylic acids is 1. The van der Waals surface area contributed by atoms with Gasteiger partial charge in [-0.1, -0.05) is 0 Å². The van der Waals surface area contributed by atoms with Gasteiger partial charge >= 0.3 is 6.09 Å². The van der Waals surface area contributed by atoms with Crippen molar-refractivity contribution >= 4 is 44.5 Å². The molecule has 1 amide bonds. The number of pyridine rings is 1. The number of β-amino-alcohol motifs (C(OH)–C–C–N with tert-alkyl or cyclic N) is 1. The number of aliphatic hydroxyl groups excluding tert-OH is 1. The zero-order valence-electron chi connectivity index (χ0n) is 16.9. The number of thiophene rings is 1. The van der Waals surface area contributed by atoms with E-state index in [0.717, 1.165) is 4.57 Å². The first-order valence-corrected chi connectivity index (χ1v) is 10.7. The molecule has 4 aromatic rings. The van der Waals surface area contributed by atoms with Gasteiger partial charge < -0.3 is 19.8 Å². The fourth-order valence-corrected chi connectivity index (χ4v) is 5.03. The molecule has 0 radical (unpaired) electrons. The number of hydrogen-bond acceptors (Lipinski definition) is 6. The second-order valence-electron chi connectivity index (χ2n) is 7.64. The van der Waals surface area contributed by atoms with Crippen molar-refractivity contribution in [2.75, 3.05) is 13.1 Å². The fourth-order valence-electron chi connectivity index (χ4n) is 3.99. The number of hydrogen-bond donors (Lipinski definition) is 2. The van der Waals surface area contributed by atoms with Gasteiger partial charge in [0.05, 0.1) is 26.7 Å². The van der Waals surface area contributed by atoms with Gasteiger partial charge in [-0.05, 0) is 37.6 Å². The molecule has 1 atom stereocenters. The van der Waals surface area contributed by atoms with Crippen LogP contribution in [0.5, 0.6) is 11.5 Å². The Hall–Kier alpha value is -3.50. The van der Waals surface area contributed by atoms with Crippen molar-refractivity contribution in [3.63, 3.8) is 0 Å². The van der Waals surface area contributed by atoms with Crippen molar-refractivity contribution in [2.24, 2.45) is 0 Å². The molecule has 1 unspecified atom stereocenters. The van der Waals surface area contributed by atoms with Crippen LogP contribution in [-0.2, 0) is 0 Å². The van der Waals surface area contributed by atoms with Crippen molar-refractivity contribution in [3.8, 4) is 11.5 Å². The molecule has 0 aliphatic carbocycles. The van der Waals surface area contributed by atoms with E-state index in [4.69, 9.17) is 4.74 Å². The van der Waals surface area contributed by atoms with E-state index in [9.17, 15) is 19.8 Å². The van der Waals surface area contributed by atoms with E-state index in [0.29, 0.717) is 46.0 Å². The second kappa shape index (κ2) is 7.57. The van der Waals surface area contributed by atoms with E-state index in [1.165, 1.54) is 35.7 Å². The Labute approximate surface area is 185 Å². The number of carbonyl (C=O) groups is 2. The van der Waals surface area contributed by atoms with Gasteiger partial charge in [0.25, 0.3) is 5.91 Å². The van der Waals surface area contributed by atoms with Gasteiger partial charge in [0.15, 0.2) is 11.6 Å². The number of ether oxygens (including phenoxy) is 1. The van der Waals surface area contributed by atoms with Crippen molar-refractivity contribution in [1.82, 2.24) is 14.5 Å². The topological polar surface area (TPSA) is 105 Å². The van der Waals surface area contributed by atoms with Crippen LogP contribution in [0.2, 0.25) is 0 Å². The highest BCUT2D eigenvalue weighted by atomic mass is 32.1. The number of amides is 1. The van der Waals surface area contributed by atoms with E-state index in [1.807, 2.05) is 0 Å². The Morgan fingerprint density at radius 3 is 2.78 bits per heavy atom. The van der Waals surface area contributed by atoms with Gasteiger partial charge in [0, 0.05) is 36.4 Å². The molecule has 10 heteroatoms. The third-order valence-corrected chi connectivity index (χ3v) is 6.64. The average molecular weight is 455 g/mol. The highest BCUT2D eigenvalue weighted by Gasteiger charge is 2.27. The molecular formula is C22H18FN3O5S. The Balaban J connectivity index is 1.51. The summed E-state index contributed by atoms with van der Waals surface area (Å²) in [6.45, 7) is 2.38. The zero-order valence-corrected chi connectivity index (χ0v) is 17.7. The van der Waals surface area contributed by atoms with Gasteiger partial charge in [-0.25, -0.2) is 13.8 Å². The molecule has 0 spiro atoms. The van der Waals surface area contributed by atoms with E-state index >= 15 is 4.39 Å². The fraction of sp³-hybridized carbons (Fsp3) is 0.227. The second-order valence-corrected chi connectivity index (χ2v) is 8.70. The molecule has 8 nitrogen and oxygen atoms in total. The lowest BCUT2D eigenvalue weighted by Crippen LogP contribution is -2.28. The summed E-state index contributed by atoms with van der Waals surface area (Å²) in [6, 6.07) is 7.59. The summed E-state index contributed by atoms with van der Waals surface area (Å²) < 4.78 is 22.6. The van der Waals surface area contributed by atoms with Crippen molar-refractivity contribution in [2.45, 2.75) is 19.4 Å². The highest BCUT2D eigenvalue weighted by molar-refractivity contribution is 7.21. The van der Waals surface area contributed by atoms with Crippen LogP contribution >= 0.6 is 11.3 Å². The summed E-state index contributed by atoms with van der Waals surface area (Å²) >= 11 is 1.19. The first-order chi connectivity index (χ1) is 15.3. The Bertz CT molecular complexity index is 1400. The predicted octanol–water partition coefficient (Wildman–Crippen LogP) is 4.22. The quantitative estimate of drug-likeness (QED) is 0.479. The predicted molar refractivity (Wildman–Crippen MR) is 116 cm³/mol. The summed E-state index contributed by atoms with van der Waals surface area (Å²) in [5.74, 6) is -0.576. The molecule has 3 aromatic heterocycles. The molecule has 5 rings (SSSR count). The molecule has 1 saturated heterocycles.